The Labute approximate surface area is 156 Å². The first kappa shape index (κ1) is 18.5. The summed E-state index contributed by atoms with van der Waals surface area (Å²) in [5.74, 6) is 0.992. The number of anilines is 1. The summed E-state index contributed by atoms with van der Waals surface area (Å²) >= 11 is 0. The zero-order valence-electron chi connectivity index (χ0n) is 14.2. The number of benzene rings is 1. The number of nitrogens with two attached hydrogens (primary N) is 1. The Morgan fingerprint density at radius 2 is 1.70 bits per heavy atom. The molecule has 3 aromatic rings. The maximum absolute atomic E-state index is 12.0. The van der Waals surface area contributed by atoms with Crippen LogP contribution in [0.2, 0.25) is 0 Å². The molecule has 0 radical (unpaired) electrons. The smallest absolute Gasteiger partial charge is 0.251 e. The van der Waals surface area contributed by atoms with Crippen LogP contribution in [-0.4, -0.2) is 42.2 Å². The standard InChI is InChI=1S/C17H18N6O3S/c18-27(25,26)14-5-3-13(4-6-14)17(24)20-10-9-19-15-7-8-16(22-21-15)23-11-1-2-12-23/h1-8,11-12H,9-10H2,(H,19,21)(H,20,24)(H2,18,25,26). The van der Waals surface area contributed by atoms with Crippen molar-refractivity contribution in [1.29, 1.82) is 0 Å². The molecule has 0 fully saturated rings. The molecule has 1 aromatic carbocycles. The van der Waals surface area contributed by atoms with Crippen molar-refractivity contribution < 1.29 is 13.2 Å². The zero-order chi connectivity index (χ0) is 19.3. The molecule has 0 saturated carbocycles. The van der Waals surface area contributed by atoms with E-state index in [0.717, 1.165) is 0 Å². The van der Waals surface area contributed by atoms with Gasteiger partial charge in [0.05, 0.1) is 4.90 Å². The van der Waals surface area contributed by atoms with Crippen LogP contribution in [-0.2, 0) is 10.0 Å². The van der Waals surface area contributed by atoms with Crippen LogP contribution in [0.15, 0.2) is 65.8 Å². The van der Waals surface area contributed by atoms with Gasteiger partial charge >= 0.3 is 0 Å². The van der Waals surface area contributed by atoms with E-state index in [-0.39, 0.29) is 10.8 Å². The number of hydrogen-bond acceptors (Lipinski definition) is 6. The molecular formula is C17H18N6O3S. The second kappa shape index (κ2) is 7.98. The summed E-state index contributed by atoms with van der Waals surface area (Å²) in [4.78, 5) is 12.0. The Morgan fingerprint density at radius 3 is 2.30 bits per heavy atom. The molecule has 0 aliphatic carbocycles. The highest BCUT2D eigenvalue weighted by Crippen LogP contribution is 2.09. The van der Waals surface area contributed by atoms with Gasteiger partial charge in [-0.2, -0.15) is 0 Å². The van der Waals surface area contributed by atoms with E-state index in [1.165, 1.54) is 24.3 Å². The van der Waals surface area contributed by atoms with E-state index in [1.807, 2.05) is 35.2 Å². The molecule has 0 unspecified atom stereocenters. The average Bonchev–Trinajstić information content (AvgIpc) is 3.20. The van der Waals surface area contributed by atoms with Gasteiger partial charge in [-0.25, -0.2) is 13.6 Å². The normalized spacial score (nSPS) is 11.1. The first-order valence-corrected chi connectivity index (χ1v) is 9.60. The van der Waals surface area contributed by atoms with E-state index in [9.17, 15) is 13.2 Å². The van der Waals surface area contributed by atoms with Crippen molar-refractivity contribution in [3.05, 3.63) is 66.5 Å². The maximum Gasteiger partial charge on any atom is 0.251 e. The average molecular weight is 386 g/mol. The van der Waals surface area contributed by atoms with E-state index in [0.29, 0.717) is 30.3 Å². The van der Waals surface area contributed by atoms with Crippen LogP contribution < -0.4 is 15.8 Å². The van der Waals surface area contributed by atoms with Crippen LogP contribution in [0.1, 0.15) is 10.4 Å². The van der Waals surface area contributed by atoms with Gasteiger partial charge in [0, 0.05) is 31.0 Å². The van der Waals surface area contributed by atoms with Crippen LogP contribution in [0.5, 0.6) is 0 Å². The highest BCUT2D eigenvalue weighted by molar-refractivity contribution is 7.89. The number of rotatable bonds is 7. The zero-order valence-corrected chi connectivity index (χ0v) is 15.1. The van der Waals surface area contributed by atoms with E-state index in [1.54, 1.807) is 6.07 Å². The molecule has 0 bridgehead atoms. The summed E-state index contributed by atoms with van der Waals surface area (Å²) in [5, 5.41) is 19.0. The quantitative estimate of drug-likeness (QED) is 0.514. The highest BCUT2D eigenvalue weighted by atomic mass is 32.2. The number of nitrogens with one attached hydrogen (secondary N) is 2. The van der Waals surface area contributed by atoms with Crippen LogP contribution in [0.4, 0.5) is 5.82 Å². The summed E-state index contributed by atoms with van der Waals surface area (Å²) < 4.78 is 24.3. The Balaban J connectivity index is 1.46. The van der Waals surface area contributed by atoms with Gasteiger partial charge in [-0.1, -0.05) is 0 Å². The van der Waals surface area contributed by atoms with E-state index < -0.39 is 10.0 Å². The maximum atomic E-state index is 12.0. The van der Waals surface area contributed by atoms with Gasteiger partial charge in [0.25, 0.3) is 5.91 Å². The summed E-state index contributed by atoms with van der Waals surface area (Å²) in [6, 6.07) is 12.9. The predicted molar refractivity (Wildman–Crippen MR) is 100.0 cm³/mol. The molecule has 140 valence electrons. The number of aromatic nitrogens is 3. The lowest BCUT2D eigenvalue weighted by Crippen LogP contribution is -2.29. The van der Waals surface area contributed by atoms with Gasteiger partial charge in [-0.05, 0) is 48.5 Å². The summed E-state index contributed by atoms with van der Waals surface area (Å²) in [7, 11) is -3.77. The van der Waals surface area contributed by atoms with E-state index >= 15 is 0 Å². The molecule has 0 aliphatic rings. The van der Waals surface area contributed by atoms with Crippen molar-refractivity contribution in [1.82, 2.24) is 20.1 Å². The van der Waals surface area contributed by atoms with Crippen molar-refractivity contribution in [3.63, 3.8) is 0 Å². The van der Waals surface area contributed by atoms with Gasteiger partial charge in [0.1, 0.15) is 5.82 Å². The number of carbonyl (C=O) groups is 1. The van der Waals surface area contributed by atoms with E-state index in [2.05, 4.69) is 20.8 Å². The Morgan fingerprint density at radius 1 is 1.00 bits per heavy atom. The Kier molecular flexibility index (Phi) is 5.48. The van der Waals surface area contributed by atoms with Crippen LogP contribution in [0, 0.1) is 0 Å². The third-order valence-corrected chi connectivity index (χ3v) is 4.61. The molecule has 2 heterocycles. The number of amides is 1. The Hall–Kier alpha value is -3.24. The Bertz CT molecular complexity index is 1000. The minimum Gasteiger partial charge on any atom is -0.367 e. The summed E-state index contributed by atoms with van der Waals surface area (Å²) in [6.45, 7) is 0.815. The minimum absolute atomic E-state index is 0.0392. The van der Waals surface area contributed by atoms with Crippen molar-refractivity contribution in [2.24, 2.45) is 5.14 Å². The molecule has 9 nitrogen and oxygen atoms in total. The molecule has 4 N–H and O–H groups in total. The van der Waals surface area contributed by atoms with Gasteiger partial charge in [-0.3, -0.25) is 4.79 Å². The lowest BCUT2D eigenvalue weighted by atomic mass is 10.2. The third-order valence-electron chi connectivity index (χ3n) is 3.68. The fourth-order valence-electron chi connectivity index (χ4n) is 2.31. The first-order valence-electron chi connectivity index (χ1n) is 8.05. The SMILES string of the molecule is NS(=O)(=O)c1ccc(C(=O)NCCNc2ccc(-n3cccc3)nn2)cc1. The van der Waals surface area contributed by atoms with Crippen molar-refractivity contribution in [2.45, 2.75) is 4.90 Å². The minimum atomic E-state index is -3.77. The number of nitrogens with zero attached hydrogens (tertiary/aromatic N) is 3. The number of primary sulfonamides is 1. The number of hydrogen-bond donors (Lipinski definition) is 3. The molecular weight excluding hydrogens is 368 g/mol. The molecule has 0 saturated heterocycles. The van der Waals surface area contributed by atoms with Crippen LogP contribution >= 0.6 is 0 Å². The summed E-state index contributed by atoms with van der Waals surface area (Å²) in [5.41, 5.74) is 0.346. The second-order valence-electron chi connectivity index (χ2n) is 5.62. The van der Waals surface area contributed by atoms with Crippen molar-refractivity contribution in [2.75, 3.05) is 18.4 Å². The van der Waals surface area contributed by atoms with Crippen molar-refractivity contribution >= 4 is 21.7 Å². The van der Waals surface area contributed by atoms with Crippen molar-refractivity contribution in [3.8, 4) is 5.82 Å². The fraction of sp³-hybridized carbons (Fsp3) is 0.118. The van der Waals surface area contributed by atoms with Gasteiger partial charge in [0.15, 0.2) is 5.82 Å². The monoisotopic (exact) mass is 386 g/mol. The second-order valence-corrected chi connectivity index (χ2v) is 7.18. The topological polar surface area (TPSA) is 132 Å². The largest absolute Gasteiger partial charge is 0.367 e. The molecule has 27 heavy (non-hydrogen) atoms. The van der Waals surface area contributed by atoms with Gasteiger partial charge < -0.3 is 15.2 Å². The number of sulfonamides is 1. The van der Waals surface area contributed by atoms with Gasteiger partial charge in [0.2, 0.25) is 10.0 Å². The molecule has 1 amide bonds. The highest BCUT2D eigenvalue weighted by Gasteiger charge is 2.10. The molecule has 3 rings (SSSR count). The van der Waals surface area contributed by atoms with E-state index in [4.69, 9.17) is 5.14 Å². The number of carbonyl (C=O) groups excluding carboxylic acids is 1. The lowest BCUT2D eigenvalue weighted by Gasteiger charge is -2.08. The molecule has 0 aliphatic heterocycles. The van der Waals surface area contributed by atoms with Crippen LogP contribution in [0.3, 0.4) is 0 Å². The van der Waals surface area contributed by atoms with Gasteiger partial charge in [-0.15, -0.1) is 10.2 Å². The third kappa shape index (κ3) is 4.90. The molecule has 0 spiro atoms. The van der Waals surface area contributed by atoms with Crippen LogP contribution in [0.25, 0.3) is 5.82 Å². The molecule has 0 atom stereocenters. The predicted octanol–water partition coefficient (Wildman–Crippen LogP) is 0.757. The fourth-order valence-corrected chi connectivity index (χ4v) is 2.82. The lowest BCUT2D eigenvalue weighted by molar-refractivity contribution is 0.0955. The first-order chi connectivity index (χ1) is 12.9. The molecule has 2 aromatic heterocycles. The molecule has 10 heteroatoms. The summed E-state index contributed by atoms with van der Waals surface area (Å²) in [6.07, 6.45) is 3.75.